The lowest BCUT2D eigenvalue weighted by Gasteiger charge is -2.16. The minimum Gasteiger partial charge on any atom is -0.493 e. The van der Waals surface area contributed by atoms with Gasteiger partial charge in [0.05, 0.1) is 14.2 Å². The fourth-order valence-electron chi connectivity index (χ4n) is 2.87. The lowest BCUT2D eigenvalue weighted by molar-refractivity contribution is 0.356. The number of aromatic amines is 1. The smallest absolute Gasteiger partial charge is 0.162 e. The Labute approximate surface area is 110 Å². The van der Waals surface area contributed by atoms with E-state index in [1.165, 1.54) is 5.56 Å². The number of H-pyrrole nitrogens is 1. The van der Waals surface area contributed by atoms with Crippen LogP contribution in [0.5, 0.6) is 11.5 Å². The maximum absolute atomic E-state index is 10.9. The molecule has 0 amide bonds. The van der Waals surface area contributed by atoms with Crippen LogP contribution in [0.25, 0.3) is 10.9 Å². The van der Waals surface area contributed by atoms with Crippen molar-refractivity contribution in [3.8, 4) is 11.5 Å². The third kappa shape index (κ3) is 1.77. The minimum absolute atomic E-state index is 0.256. The summed E-state index contributed by atoms with van der Waals surface area (Å²) in [5.41, 5.74) is 3.11. The molecule has 0 radical (unpaired) electrons. The van der Waals surface area contributed by atoms with Gasteiger partial charge >= 0.3 is 0 Å². The summed E-state index contributed by atoms with van der Waals surface area (Å²) in [6, 6.07) is 3.62. The number of hydrogen-bond acceptors (Lipinski definition) is 4. The molecule has 0 saturated heterocycles. The van der Waals surface area contributed by atoms with Crippen LogP contribution in [0.4, 0.5) is 0 Å². The summed E-state index contributed by atoms with van der Waals surface area (Å²) in [4.78, 5) is 14.2. The molecule has 1 heterocycles. The number of aromatic nitrogens is 1. The monoisotopic (exact) mass is 260 g/mol. The summed E-state index contributed by atoms with van der Waals surface area (Å²) < 4.78 is 10.6. The molecule has 5 nitrogen and oxygen atoms in total. The van der Waals surface area contributed by atoms with Gasteiger partial charge in [0, 0.05) is 22.7 Å². The van der Waals surface area contributed by atoms with E-state index in [1.807, 2.05) is 12.1 Å². The second kappa shape index (κ2) is 4.57. The van der Waals surface area contributed by atoms with Crippen molar-refractivity contribution in [1.82, 2.24) is 4.98 Å². The number of nitroso groups, excluding NO2 is 1. The number of benzene rings is 1. The Kier molecular flexibility index (Phi) is 2.89. The van der Waals surface area contributed by atoms with Crippen LogP contribution in [0.2, 0.25) is 0 Å². The van der Waals surface area contributed by atoms with E-state index in [1.54, 1.807) is 14.2 Å². The first-order chi connectivity index (χ1) is 9.28. The molecule has 0 spiro atoms. The zero-order chi connectivity index (χ0) is 13.4. The highest BCUT2D eigenvalue weighted by atomic mass is 16.5. The van der Waals surface area contributed by atoms with Gasteiger partial charge in [0.15, 0.2) is 11.5 Å². The van der Waals surface area contributed by atoms with Crippen LogP contribution in [0.15, 0.2) is 17.3 Å². The van der Waals surface area contributed by atoms with Crippen LogP contribution < -0.4 is 9.47 Å². The molecule has 100 valence electrons. The normalized spacial score (nSPS) is 18.1. The third-order valence-corrected chi connectivity index (χ3v) is 3.81. The van der Waals surface area contributed by atoms with E-state index < -0.39 is 0 Å². The Morgan fingerprint density at radius 1 is 1.26 bits per heavy atom. The molecule has 2 aromatic rings. The van der Waals surface area contributed by atoms with E-state index in [9.17, 15) is 4.91 Å². The lowest BCUT2D eigenvalue weighted by Crippen LogP contribution is -2.06. The van der Waals surface area contributed by atoms with E-state index >= 15 is 0 Å². The first-order valence-corrected chi connectivity index (χ1v) is 6.37. The highest BCUT2D eigenvalue weighted by molar-refractivity contribution is 5.88. The van der Waals surface area contributed by atoms with Crippen LogP contribution in [0.1, 0.15) is 30.1 Å². The van der Waals surface area contributed by atoms with Crippen LogP contribution in [0.3, 0.4) is 0 Å². The molecule has 19 heavy (non-hydrogen) atoms. The highest BCUT2D eigenvalue weighted by Crippen LogP contribution is 2.40. The van der Waals surface area contributed by atoms with Crippen molar-refractivity contribution in [2.75, 3.05) is 14.2 Å². The topological polar surface area (TPSA) is 63.7 Å². The molecule has 1 aromatic heterocycles. The van der Waals surface area contributed by atoms with E-state index in [0.717, 1.165) is 35.9 Å². The molecule has 0 bridgehead atoms. The summed E-state index contributed by atoms with van der Waals surface area (Å²) in [6.07, 6.45) is 2.78. The Balaban J connectivity index is 2.24. The molecule has 5 heteroatoms. The predicted octanol–water partition coefficient (Wildman–Crippen LogP) is 3.33. The van der Waals surface area contributed by atoms with Crippen molar-refractivity contribution in [3.63, 3.8) is 0 Å². The average molecular weight is 260 g/mol. The second-order valence-corrected chi connectivity index (χ2v) is 4.78. The molecule has 1 unspecified atom stereocenters. The quantitative estimate of drug-likeness (QED) is 0.861. The third-order valence-electron chi connectivity index (χ3n) is 3.81. The van der Waals surface area contributed by atoms with Gasteiger partial charge in [-0.3, -0.25) is 0 Å². The summed E-state index contributed by atoms with van der Waals surface area (Å²) in [6.45, 7) is 0. The molecule has 1 atom stereocenters. The van der Waals surface area contributed by atoms with Gasteiger partial charge in [0.2, 0.25) is 0 Å². The van der Waals surface area contributed by atoms with Crippen molar-refractivity contribution < 1.29 is 9.47 Å². The second-order valence-electron chi connectivity index (χ2n) is 4.78. The fraction of sp³-hybridized carbons (Fsp3) is 0.429. The van der Waals surface area contributed by atoms with Crippen LogP contribution >= 0.6 is 0 Å². The van der Waals surface area contributed by atoms with Crippen molar-refractivity contribution in [3.05, 3.63) is 28.3 Å². The molecule has 1 aromatic carbocycles. The van der Waals surface area contributed by atoms with Crippen LogP contribution in [0, 0.1) is 4.91 Å². The minimum atomic E-state index is -0.256. The van der Waals surface area contributed by atoms with Gasteiger partial charge in [0.25, 0.3) is 0 Å². The molecule has 0 fully saturated rings. The van der Waals surface area contributed by atoms with Gasteiger partial charge in [-0.05, 0) is 30.9 Å². The van der Waals surface area contributed by atoms with Crippen molar-refractivity contribution in [2.45, 2.75) is 25.3 Å². The number of fused-ring (bicyclic) bond motifs is 3. The number of rotatable bonds is 3. The summed E-state index contributed by atoms with van der Waals surface area (Å²) in [7, 11) is 3.24. The van der Waals surface area contributed by atoms with E-state index in [0.29, 0.717) is 11.5 Å². The fourth-order valence-corrected chi connectivity index (χ4v) is 2.87. The number of nitrogens with zero attached hydrogens (tertiary/aromatic N) is 1. The standard InChI is InChI=1S/C14H16N2O3/c1-18-12-6-9-8-4-3-5-10(16-17)14(8)15-11(9)7-13(12)19-2/h6-7,10,15H,3-5H2,1-2H3. The van der Waals surface area contributed by atoms with Gasteiger partial charge in [-0.2, -0.15) is 4.91 Å². The van der Waals surface area contributed by atoms with Gasteiger partial charge in [-0.1, -0.05) is 5.18 Å². The van der Waals surface area contributed by atoms with Gasteiger partial charge in [-0.15, -0.1) is 0 Å². The van der Waals surface area contributed by atoms with Gasteiger partial charge < -0.3 is 14.5 Å². The zero-order valence-corrected chi connectivity index (χ0v) is 11.0. The first-order valence-electron chi connectivity index (χ1n) is 6.37. The molecule has 1 N–H and O–H groups in total. The number of aryl methyl sites for hydroxylation is 1. The first kappa shape index (κ1) is 12.0. The lowest BCUT2D eigenvalue weighted by atomic mass is 9.92. The largest absolute Gasteiger partial charge is 0.493 e. The Morgan fingerprint density at radius 3 is 2.68 bits per heavy atom. The predicted molar refractivity (Wildman–Crippen MR) is 72.9 cm³/mol. The van der Waals surface area contributed by atoms with Crippen molar-refractivity contribution in [2.24, 2.45) is 5.18 Å². The van der Waals surface area contributed by atoms with E-state index in [-0.39, 0.29) is 6.04 Å². The zero-order valence-electron chi connectivity index (χ0n) is 11.0. The summed E-state index contributed by atoms with van der Waals surface area (Å²) >= 11 is 0. The summed E-state index contributed by atoms with van der Waals surface area (Å²) in [5, 5.41) is 4.32. The van der Waals surface area contributed by atoms with Gasteiger partial charge in [-0.25, -0.2) is 0 Å². The number of hydrogen-bond donors (Lipinski definition) is 1. The number of methoxy groups -OCH3 is 2. The molecule has 3 rings (SSSR count). The molecular weight excluding hydrogens is 244 g/mol. The molecule has 1 aliphatic carbocycles. The highest BCUT2D eigenvalue weighted by Gasteiger charge is 2.25. The summed E-state index contributed by atoms with van der Waals surface area (Å²) in [5.74, 6) is 1.39. The molecule has 1 aliphatic rings. The van der Waals surface area contributed by atoms with E-state index in [2.05, 4.69) is 10.2 Å². The number of nitrogens with one attached hydrogen (secondary N) is 1. The maximum atomic E-state index is 10.9. The maximum Gasteiger partial charge on any atom is 0.162 e. The Morgan fingerprint density at radius 2 is 2.00 bits per heavy atom. The van der Waals surface area contributed by atoms with Gasteiger partial charge in [0.1, 0.15) is 6.04 Å². The average Bonchev–Trinajstić information content (AvgIpc) is 2.83. The molecular formula is C14H16N2O3. The Bertz CT molecular complexity index is 633. The molecule has 0 saturated carbocycles. The SMILES string of the molecule is COc1cc2[nH]c3c(c2cc1OC)CCCC3N=O. The van der Waals surface area contributed by atoms with E-state index in [4.69, 9.17) is 9.47 Å². The van der Waals surface area contributed by atoms with Crippen molar-refractivity contribution >= 4 is 10.9 Å². The van der Waals surface area contributed by atoms with Crippen LogP contribution in [-0.2, 0) is 6.42 Å². The molecule has 0 aliphatic heterocycles. The Hall–Kier alpha value is -2.04. The van der Waals surface area contributed by atoms with Crippen molar-refractivity contribution in [1.29, 1.82) is 0 Å². The number of ether oxygens (including phenoxy) is 2. The van der Waals surface area contributed by atoms with Crippen LogP contribution in [-0.4, -0.2) is 19.2 Å².